The fourth-order valence-electron chi connectivity index (χ4n) is 3.36. The van der Waals surface area contributed by atoms with Crippen molar-refractivity contribution in [3.05, 3.63) is 0 Å². The molecule has 3 atom stereocenters. The second-order valence-electron chi connectivity index (χ2n) is 6.70. The lowest BCUT2D eigenvalue weighted by Gasteiger charge is -2.45. The Labute approximate surface area is 96.8 Å². The van der Waals surface area contributed by atoms with Gasteiger partial charge in [-0.25, -0.2) is 0 Å². The van der Waals surface area contributed by atoms with E-state index in [0.29, 0.717) is 5.41 Å². The fourth-order valence-corrected chi connectivity index (χ4v) is 3.36. The van der Waals surface area contributed by atoms with Crippen LogP contribution in [-0.2, 0) is 0 Å². The highest BCUT2D eigenvalue weighted by atomic mass is 14.4. The molecule has 1 fully saturated rings. The monoisotopic (exact) mass is 210 g/mol. The van der Waals surface area contributed by atoms with Gasteiger partial charge < -0.3 is 0 Å². The summed E-state index contributed by atoms with van der Waals surface area (Å²) < 4.78 is 0. The average molecular weight is 210 g/mol. The van der Waals surface area contributed by atoms with Crippen LogP contribution in [0.1, 0.15) is 67.2 Å². The highest BCUT2D eigenvalue weighted by Gasteiger charge is 2.38. The summed E-state index contributed by atoms with van der Waals surface area (Å²) in [6.07, 6.45) is 5.78. The van der Waals surface area contributed by atoms with Crippen molar-refractivity contribution >= 4 is 0 Å². The molecule has 1 saturated carbocycles. The molecule has 0 heteroatoms. The molecule has 3 unspecified atom stereocenters. The zero-order valence-electron chi connectivity index (χ0n) is 11.6. The van der Waals surface area contributed by atoms with E-state index in [1.54, 1.807) is 0 Å². The molecule has 15 heavy (non-hydrogen) atoms. The standard InChI is InChI=1S/C15H30/c1-11(2)14-10-8-7-9-12(3)15(5,6)13(14)4/h11-14H,7-10H2,1-6H3. The highest BCUT2D eigenvalue weighted by molar-refractivity contribution is 4.87. The third-order valence-electron chi connectivity index (χ3n) is 5.37. The summed E-state index contributed by atoms with van der Waals surface area (Å²) in [5.74, 6) is 3.54. The number of hydrogen-bond acceptors (Lipinski definition) is 0. The molecule has 0 bridgehead atoms. The predicted octanol–water partition coefficient (Wildman–Crippen LogP) is 5.13. The Morgan fingerprint density at radius 2 is 1.53 bits per heavy atom. The normalized spacial score (nSPS) is 37.4. The topological polar surface area (TPSA) is 0 Å². The second kappa shape index (κ2) is 4.89. The molecule has 0 nitrogen and oxygen atoms in total. The summed E-state index contributed by atoms with van der Waals surface area (Å²) in [5, 5.41) is 0. The van der Waals surface area contributed by atoms with Crippen LogP contribution in [0.25, 0.3) is 0 Å². The van der Waals surface area contributed by atoms with Crippen LogP contribution in [0, 0.1) is 29.1 Å². The molecule has 0 aromatic heterocycles. The van der Waals surface area contributed by atoms with E-state index in [1.807, 2.05) is 0 Å². The Bertz CT molecular complexity index is 190. The summed E-state index contributed by atoms with van der Waals surface area (Å²) in [4.78, 5) is 0. The molecule has 0 aliphatic heterocycles. The van der Waals surface area contributed by atoms with Crippen molar-refractivity contribution in [2.45, 2.75) is 67.2 Å². The van der Waals surface area contributed by atoms with Crippen molar-refractivity contribution in [2.24, 2.45) is 29.1 Å². The second-order valence-corrected chi connectivity index (χ2v) is 6.70. The lowest BCUT2D eigenvalue weighted by Crippen LogP contribution is -2.37. The molecule has 0 aromatic rings. The van der Waals surface area contributed by atoms with Gasteiger partial charge in [0.25, 0.3) is 0 Å². The Morgan fingerprint density at radius 1 is 1.00 bits per heavy atom. The molecule has 1 aliphatic carbocycles. The maximum absolute atomic E-state index is 2.49. The Hall–Kier alpha value is 0. The third kappa shape index (κ3) is 2.77. The maximum Gasteiger partial charge on any atom is -0.0300 e. The maximum atomic E-state index is 2.49. The van der Waals surface area contributed by atoms with E-state index in [2.05, 4.69) is 41.5 Å². The van der Waals surface area contributed by atoms with Gasteiger partial charge in [0.15, 0.2) is 0 Å². The van der Waals surface area contributed by atoms with Crippen molar-refractivity contribution in [3.8, 4) is 0 Å². The van der Waals surface area contributed by atoms with Crippen LogP contribution in [0.2, 0.25) is 0 Å². The summed E-state index contributed by atoms with van der Waals surface area (Å²) >= 11 is 0. The van der Waals surface area contributed by atoms with Crippen molar-refractivity contribution < 1.29 is 0 Å². The van der Waals surface area contributed by atoms with Crippen molar-refractivity contribution in [1.29, 1.82) is 0 Å². The van der Waals surface area contributed by atoms with Crippen LogP contribution < -0.4 is 0 Å². The molecular formula is C15H30. The van der Waals surface area contributed by atoms with Gasteiger partial charge in [0.2, 0.25) is 0 Å². The Kier molecular flexibility index (Phi) is 4.26. The summed E-state index contributed by atoms with van der Waals surface area (Å²) in [6, 6.07) is 0. The van der Waals surface area contributed by atoms with Crippen LogP contribution in [0.5, 0.6) is 0 Å². The van der Waals surface area contributed by atoms with Gasteiger partial charge in [0.1, 0.15) is 0 Å². The van der Waals surface area contributed by atoms with Crippen LogP contribution in [0.3, 0.4) is 0 Å². The molecule has 0 saturated heterocycles. The SMILES string of the molecule is CC(C)C1CCCCC(C)C(C)(C)C1C. The predicted molar refractivity (Wildman–Crippen MR) is 68.9 cm³/mol. The average Bonchev–Trinajstić information content (AvgIpc) is 2.14. The minimum atomic E-state index is 0.523. The Morgan fingerprint density at radius 3 is 2.07 bits per heavy atom. The van der Waals surface area contributed by atoms with E-state index in [9.17, 15) is 0 Å². The first-order chi connectivity index (χ1) is 6.87. The highest BCUT2D eigenvalue weighted by Crippen LogP contribution is 2.46. The van der Waals surface area contributed by atoms with Gasteiger partial charge in [0, 0.05) is 0 Å². The van der Waals surface area contributed by atoms with Crippen LogP contribution in [0.15, 0.2) is 0 Å². The molecule has 90 valence electrons. The van der Waals surface area contributed by atoms with Gasteiger partial charge in [0.05, 0.1) is 0 Å². The minimum Gasteiger partial charge on any atom is -0.0625 e. The lowest BCUT2D eigenvalue weighted by molar-refractivity contribution is 0.0443. The molecular weight excluding hydrogens is 180 g/mol. The van der Waals surface area contributed by atoms with Gasteiger partial charge in [-0.05, 0) is 35.5 Å². The van der Waals surface area contributed by atoms with E-state index < -0.39 is 0 Å². The lowest BCUT2D eigenvalue weighted by atomic mass is 9.60. The molecule has 0 N–H and O–H groups in total. The molecule has 0 heterocycles. The molecule has 1 rings (SSSR count). The zero-order valence-corrected chi connectivity index (χ0v) is 11.6. The first-order valence-corrected chi connectivity index (χ1v) is 6.87. The molecule has 0 spiro atoms. The van der Waals surface area contributed by atoms with Crippen LogP contribution in [-0.4, -0.2) is 0 Å². The van der Waals surface area contributed by atoms with Gasteiger partial charge in [-0.15, -0.1) is 0 Å². The smallest absolute Gasteiger partial charge is 0.0300 e. The zero-order chi connectivity index (χ0) is 11.6. The van der Waals surface area contributed by atoms with E-state index in [0.717, 1.165) is 23.7 Å². The quantitative estimate of drug-likeness (QED) is 0.563. The van der Waals surface area contributed by atoms with E-state index >= 15 is 0 Å². The van der Waals surface area contributed by atoms with Gasteiger partial charge in [-0.1, -0.05) is 60.8 Å². The molecule has 1 aliphatic rings. The third-order valence-corrected chi connectivity index (χ3v) is 5.37. The van der Waals surface area contributed by atoms with Crippen LogP contribution >= 0.6 is 0 Å². The van der Waals surface area contributed by atoms with Crippen molar-refractivity contribution in [2.75, 3.05) is 0 Å². The van der Waals surface area contributed by atoms with Crippen LogP contribution in [0.4, 0.5) is 0 Å². The van der Waals surface area contributed by atoms with Crippen molar-refractivity contribution in [1.82, 2.24) is 0 Å². The summed E-state index contributed by atoms with van der Waals surface area (Å²) in [6.45, 7) is 14.7. The molecule has 0 amide bonds. The fraction of sp³-hybridized carbons (Fsp3) is 1.00. The summed E-state index contributed by atoms with van der Waals surface area (Å²) in [7, 11) is 0. The van der Waals surface area contributed by atoms with E-state index in [-0.39, 0.29) is 0 Å². The molecule has 0 radical (unpaired) electrons. The first-order valence-electron chi connectivity index (χ1n) is 6.87. The van der Waals surface area contributed by atoms with Gasteiger partial charge in [-0.2, -0.15) is 0 Å². The first kappa shape index (κ1) is 13.1. The van der Waals surface area contributed by atoms with E-state index in [4.69, 9.17) is 0 Å². The summed E-state index contributed by atoms with van der Waals surface area (Å²) in [5.41, 5.74) is 0.523. The number of rotatable bonds is 1. The van der Waals surface area contributed by atoms with Crippen molar-refractivity contribution in [3.63, 3.8) is 0 Å². The molecule has 0 aromatic carbocycles. The minimum absolute atomic E-state index is 0.523. The van der Waals surface area contributed by atoms with Gasteiger partial charge >= 0.3 is 0 Å². The Balaban J connectivity index is 2.83. The van der Waals surface area contributed by atoms with Gasteiger partial charge in [-0.3, -0.25) is 0 Å². The largest absolute Gasteiger partial charge is 0.0625 e. The van der Waals surface area contributed by atoms with E-state index in [1.165, 1.54) is 25.7 Å². The number of hydrogen-bond donors (Lipinski definition) is 0.